The van der Waals surface area contributed by atoms with E-state index in [0.29, 0.717) is 30.0 Å². The second-order valence-corrected chi connectivity index (χ2v) is 7.34. The second-order valence-electron chi connectivity index (χ2n) is 7.34. The predicted octanol–water partition coefficient (Wildman–Crippen LogP) is 3.37. The average Bonchev–Trinajstić information content (AvgIpc) is 2.84. The fourth-order valence-electron chi connectivity index (χ4n) is 4.63. The van der Waals surface area contributed by atoms with Crippen molar-refractivity contribution in [2.45, 2.75) is 82.8 Å². The van der Waals surface area contributed by atoms with E-state index in [4.69, 9.17) is 0 Å². The minimum Gasteiger partial charge on any atom is -0.342 e. The standard InChI is InChI=1S/C17H30N2O.ClH/c1-3-12-4-6-13(7-5-12)17(20)19(2)16-10-14-8-9-15(11-16)18-14;/h12-16,18H,3-11H2,1-2H3;1H. The molecule has 2 aliphatic heterocycles. The van der Waals surface area contributed by atoms with Gasteiger partial charge in [0.15, 0.2) is 0 Å². The lowest BCUT2D eigenvalue weighted by atomic mass is 9.80. The van der Waals surface area contributed by atoms with Gasteiger partial charge in [-0.25, -0.2) is 0 Å². The number of hydrogen-bond acceptors (Lipinski definition) is 2. The first-order valence-electron chi connectivity index (χ1n) is 8.70. The molecule has 0 aromatic carbocycles. The van der Waals surface area contributed by atoms with Crippen LogP contribution in [0.2, 0.25) is 0 Å². The first-order valence-corrected chi connectivity index (χ1v) is 8.70. The molecule has 0 aromatic heterocycles. The molecule has 3 nitrogen and oxygen atoms in total. The minimum atomic E-state index is 0. The Bertz CT molecular complexity index is 343. The summed E-state index contributed by atoms with van der Waals surface area (Å²) in [6, 6.07) is 1.83. The normalized spacial score (nSPS) is 38.7. The lowest BCUT2D eigenvalue weighted by molar-refractivity contribution is -0.138. The Hall–Kier alpha value is -0.280. The zero-order valence-corrected chi connectivity index (χ0v) is 14.3. The van der Waals surface area contributed by atoms with Gasteiger partial charge < -0.3 is 10.2 Å². The van der Waals surface area contributed by atoms with Crippen LogP contribution in [0.25, 0.3) is 0 Å². The van der Waals surface area contributed by atoms with E-state index < -0.39 is 0 Å². The molecule has 0 aromatic rings. The molecule has 0 radical (unpaired) electrons. The summed E-state index contributed by atoms with van der Waals surface area (Å²) in [7, 11) is 2.06. The van der Waals surface area contributed by atoms with Gasteiger partial charge in [-0.1, -0.05) is 13.3 Å². The lowest BCUT2D eigenvalue weighted by Gasteiger charge is -2.38. The van der Waals surface area contributed by atoms with Crippen molar-refractivity contribution in [1.29, 1.82) is 0 Å². The van der Waals surface area contributed by atoms with Crippen molar-refractivity contribution in [3.05, 3.63) is 0 Å². The molecule has 1 aliphatic carbocycles. The molecule has 1 N–H and O–H groups in total. The van der Waals surface area contributed by atoms with Crippen molar-refractivity contribution in [1.82, 2.24) is 10.2 Å². The van der Waals surface area contributed by atoms with Crippen molar-refractivity contribution in [2.24, 2.45) is 11.8 Å². The molecule has 4 heteroatoms. The number of carbonyl (C=O) groups excluding carboxylic acids is 1. The maximum Gasteiger partial charge on any atom is 0.225 e. The average molecular weight is 315 g/mol. The van der Waals surface area contributed by atoms with Gasteiger partial charge in [-0.15, -0.1) is 12.4 Å². The molecule has 2 atom stereocenters. The number of fused-ring (bicyclic) bond motifs is 2. The third-order valence-electron chi connectivity index (χ3n) is 6.12. The van der Waals surface area contributed by atoms with E-state index in [-0.39, 0.29) is 12.4 Å². The van der Waals surface area contributed by atoms with Crippen LogP contribution < -0.4 is 5.32 Å². The predicted molar refractivity (Wildman–Crippen MR) is 88.7 cm³/mol. The van der Waals surface area contributed by atoms with Gasteiger partial charge in [-0.3, -0.25) is 4.79 Å². The molecule has 1 amide bonds. The fourth-order valence-corrected chi connectivity index (χ4v) is 4.63. The number of amides is 1. The van der Waals surface area contributed by atoms with Crippen LogP contribution in [0.1, 0.15) is 64.7 Å². The molecule has 2 unspecified atom stereocenters. The molecule has 3 aliphatic rings. The van der Waals surface area contributed by atoms with Gasteiger partial charge >= 0.3 is 0 Å². The van der Waals surface area contributed by atoms with E-state index in [0.717, 1.165) is 18.8 Å². The molecule has 21 heavy (non-hydrogen) atoms. The summed E-state index contributed by atoms with van der Waals surface area (Å²) < 4.78 is 0. The van der Waals surface area contributed by atoms with Gasteiger partial charge in [0, 0.05) is 31.1 Å². The van der Waals surface area contributed by atoms with E-state index in [9.17, 15) is 4.79 Å². The van der Waals surface area contributed by atoms with Gasteiger partial charge in [0.1, 0.15) is 0 Å². The lowest BCUT2D eigenvalue weighted by Crippen LogP contribution is -2.50. The number of piperidine rings is 1. The van der Waals surface area contributed by atoms with E-state index in [1.807, 2.05) is 0 Å². The summed E-state index contributed by atoms with van der Waals surface area (Å²) in [5.41, 5.74) is 0. The van der Waals surface area contributed by atoms with E-state index in [2.05, 4.69) is 24.2 Å². The molecule has 0 spiro atoms. The van der Waals surface area contributed by atoms with Crippen LogP contribution in [0.15, 0.2) is 0 Å². The van der Waals surface area contributed by atoms with Crippen LogP contribution in [0, 0.1) is 11.8 Å². The van der Waals surface area contributed by atoms with E-state index in [1.54, 1.807) is 0 Å². The third kappa shape index (κ3) is 3.73. The molecule has 3 fully saturated rings. The van der Waals surface area contributed by atoms with Crippen molar-refractivity contribution in [3.8, 4) is 0 Å². The van der Waals surface area contributed by atoms with Gasteiger partial charge in [0.2, 0.25) is 5.91 Å². The largest absolute Gasteiger partial charge is 0.342 e. The molecular formula is C17H31ClN2O. The van der Waals surface area contributed by atoms with Gasteiger partial charge in [-0.2, -0.15) is 0 Å². The van der Waals surface area contributed by atoms with Crippen molar-refractivity contribution in [2.75, 3.05) is 7.05 Å². The number of halogens is 1. The quantitative estimate of drug-likeness (QED) is 0.866. The SMILES string of the molecule is CCC1CCC(C(=O)N(C)C2CC3CCC(C2)N3)CC1.Cl. The Morgan fingerprint density at radius 1 is 1.05 bits per heavy atom. The Labute approximate surface area is 135 Å². The highest BCUT2D eigenvalue weighted by Gasteiger charge is 2.38. The topological polar surface area (TPSA) is 32.3 Å². The minimum absolute atomic E-state index is 0. The monoisotopic (exact) mass is 314 g/mol. The molecule has 122 valence electrons. The molecule has 1 saturated carbocycles. The highest BCUT2D eigenvalue weighted by atomic mass is 35.5. The smallest absolute Gasteiger partial charge is 0.225 e. The molecule has 2 bridgehead atoms. The zero-order valence-electron chi connectivity index (χ0n) is 13.5. The Kier molecular flexibility index (Phi) is 5.96. The van der Waals surface area contributed by atoms with Crippen LogP contribution in [0.3, 0.4) is 0 Å². The number of carbonyl (C=O) groups is 1. The summed E-state index contributed by atoms with van der Waals surface area (Å²) in [4.78, 5) is 14.8. The van der Waals surface area contributed by atoms with Crippen molar-refractivity contribution >= 4 is 18.3 Å². The molecule has 2 saturated heterocycles. The Morgan fingerprint density at radius 2 is 1.62 bits per heavy atom. The highest BCUT2D eigenvalue weighted by molar-refractivity contribution is 5.85. The molecule has 3 rings (SSSR count). The van der Waals surface area contributed by atoms with Gasteiger partial charge in [-0.05, 0) is 57.3 Å². The van der Waals surface area contributed by atoms with E-state index >= 15 is 0 Å². The third-order valence-corrected chi connectivity index (χ3v) is 6.12. The number of nitrogens with zero attached hydrogens (tertiary/aromatic N) is 1. The van der Waals surface area contributed by atoms with Crippen molar-refractivity contribution < 1.29 is 4.79 Å². The second kappa shape index (κ2) is 7.32. The maximum absolute atomic E-state index is 12.7. The summed E-state index contributed by atoms with van der Waals surface area (Å²) in [5, 5.41) is 3.67. The summed E-state index contributed by atoms with van der Waals surface area (Å²) >= 11 is 0. The summed E-state index contributed by atoms with van der Waals surface area (Å²) in [6.07, 6.45) is 11.0. The summed E-state index contributed by atoms with van der Waals surface area (Å²) in [5.74, 6) is 1.63. The zero-order chi connectivity index (χ0) is 14.1. The number of rotatable bonds is 3. The summed E-state index contributed by atoms with van der Waals surface area (Å²) in [6.45, 7) is 2.28. The molecular weight excluding hydrogens is 284 g/mol. The Morgan fingerprint density at radius 3 is 2.14 bits per heavy atom. The Balaban J connectivity index is 0.00000161. The van der Waals surface area contributed by atoms with Crippen LogP contribution in [-0.2, 0) is 4.79 Å². The fraction of sp³-hybridized carbons (Fsp3) is 0.941. The first kappa shape index (κ1) is 17.1. The van der Waals surface area contributed by atoms with Crippen LogP contribution >= 0.6 is 12.4 Å². The number of nitrogens with one attached hydrogen (secondary N) is 1. The van der Waals surface area contributed by atoms with Crippen LogP contribution in [0.5, 0.6) is 0 Å². The molecule has 2 heterocycles. The first-order chi connectivity index (χ1) is 9.67. The van der Waals surface area contributed by atoms with Crippen LogP contribution in [0.4, 0.5) is 0 Å². The van der Waals surface area contributed by atoms with Gasteiger partial charge in [0.05, 0.1) is 0 Å². The number of hydrogen-bond donors (Lipinski definition) is 1. The van der Waals surface area contributed by atoms with Crippen molar-refractivity contribution in [3.63, 3.8) is 0 Å². The van der Waals surface area contributed by atoms with E-state index in [1.165, 1.54) is 44.9 Å². The maximum atomic E-state index is 12.7. The van der Waals surface area contributed by atoms with Gasteiger partial charge in [0.25, 0.3) is 0 Å². The highest BCUT2D eigenvalue weighted by Crippen LogP contribution is 2.34. The van der Waals surface area contributed by atoms with Crippen LogP contribution in [-0.4, -0.2) is 36.0 Å².